The van der Waals surface area contributed by atoms with E-state index in [0.717, 1.165) is 29.0 Å². The highest BCUT2D eigenvalue weighted by Gasteiger charge is 2.27. The minimum atomic E-state index is 0.0323. The van der Waals surface area contributed by atoms with Crippen LogP contribution in [0, 0.1) is 0 Å². The van der Waals surface area contributed by atoms with Crippen molar-refractivity contribution in [2.24, 2.45) is 4.99 Å². The summed E-state index contributed by atoms with van der Waals surface area (Å²) in [4.78, 5) is 4.43. The third-order valence-electron chi connectivity index (χ3n) is 3.33. The van der Waals surface area contributed by atoms with Gasteiger partial charge in [0, 0.05) is 5.02 Å². The molecule has 1 aliphatic heterocycles. The van der Waals surface area contributed by atoms with Gasteiger partial charge in [-0.25, -0.2) is 0 Å². The second-order valence-corrected chi connectivity index (χ2v) is 5.22. The van der Waals surface area contributed by atoms with E-state index in [0.29, 0.717) is 5.17 Å². The molecule has 0 saturated heterocycles. The third kappa shape index (κ3) is 1.84. The zero-order chi connectivity index (χ0) is 12.0. The van der Waals surface area contributed by atoms with E-state index in [-0.39, 0.29) is 6.04 Å². The molecule has 1 aliphatic carbocycles. The van der Waals surface area contributed by atoms with Crippen LogP contribution in [0.2, 0.25) is 5.02 Å². The maximum absolute atomic E-state index is 6.03. The summed E-state index contributed by atoms with van der Waals surface area (Å²) in [5.74, 6) is 0. The van der Waals surface area contributed by atoms with Gasteiger partial charge in [0.2, 0.25) is 0 Å². The molecule has 2 aliphatic rings. The SMILES string of the molecule is C=C1c2ccc(Cl)cc2CCC2=CC(Cl)=NC12. The van der Waals surface area contributed by atoms with E-state index in [4.69, 9.17) is 23.2 Å². The van der Waals surface area contributed by atoms with Crippen molar-refractivity contribution in [1.82, 2.24) is 0 Å². The fourth-order valence-electron chi connectivity index (χ4n) is 2.49. The number of fused-ring (bicyclic) bond motifs is 2. The number of nitrogens with zero attached hydrogens (tertiary/aromatic N) is 1. The van der Waals surface area contributed by atoms with Gasteiger partial charge in [0.1, 0.15) is 5.17 Å². The first-order chi connectivity index (χ1) is 8.15. The van der Waals surface area contributed by atoms with Crippen LogP contribution in [0.15, 0.2) is 41.4 Å². The first kappa shape index (κ1) is 11.1. The molecular weight excluding hydrogens is 253 g/mol. The van der Waals surface area contributed by atoms with Crippen molar-refractivity contribution in [2.45, 2.75) is 18.9 Å². The zero-order valence-corrected chi connectivity index (χ0v) is 10.7. The molecule has 3 rings (SSSR count). The summed E-state index contributed by atoms with van der Waals surface area (Å²) in [6.45, 7) is 4.17. The predicted molar refractivity (Wildman–Crippen MR) is 74.0 cm³/mol. The van der Waals surface area contributed by atoms with Gasteiger partial charge in [-0.05, 0) is 53.3 Å². The Bertz CT molecular complexity index is 570. The third-order valence-corrected chi connectivity index (χ3v) is 3.78. The van der Waals surface area contributed by atoms with Crippen molar-refractivity contribution in [3.63, 3.8) is 0 Å². The summed E-state index contributed by atoms with van der Waals surface area (Å²) >= 11 is 12.0. The van der Waals surface area contributed by atoms with E-state index in [9.17, 15) is 0 Å². The lowest BCUT2D eigenvalue weighted by atomic mass is 9.96. The Balaban J connectivity index is 2.11. The first-order valence-corrected chi connectivity index (χ1v) is 6.32. The number of hydrogen-bond acceptors (Lipinski definition) is 1. The molecule has 0 spiro atoms. The lowest BCUT2D eigenvalue weighted by Gasteiger charge is -2.13. The molecule has 3 heteroatoms. The minimum absolute atomic E-state index is 0.0323. The van der Waals surface area contributed by atoms with Gasteiger partial charge in [0.05, 0.1) is 6.04 Å². The first-order valence-electron chi connectivity index (χ1n) is 5.56. The van der Waals surface area contributed by atoms with Gasteiger partial charge in [0.15, 0.2) is 0 Å². The Kier molecular flexibility index (Phi) is 2.61. The largest absolute Gasteiger partial charge is 0.261 e. The molecule has 0 radical (unpaired) electrons. The van der Waals surface area contributed by atoms with E-state index in [1.54, 1.807) is 0 Å². The number of halogens is 2. The van der Waals surface area contributed by atoms with E-state index >= 15 is 0 Å². The number of rotatable bonds is 0. The monoisotopic (exact) mass is 263 g/mol. The molecule has 86 valence electrons. The molecule has 0 N–H and O–H groups in total. The summed E-state index contributed by atoms with van der Waals surface area (Å²) in [6.07, 6.45) is 3.90. The number of benzene rings is 1. The van der Waals surface area contributed by atoms with Crippen LogP contribution < -0.4 is 0 Å². The second kappa shape index (κ2) is 4.01. The molecule has 1 aromatic carbocycles. The molecule has 0 amide bonds. The van der Waals surface area contributed by atoms with Gasteiger partial charge >= 0.3 is 0 Å². The molecule has 1 nitrogen and oxygen atoms in total. The van der Waals surface area contributed by atoms with Crippen LogP contribution in [0.5, 0.6) is 0 Å². The highest BCUT2D eigenvalue weighted by molar-refractivity contribution is 6.68. The van der Waals surface area contributed by atoms with Crippen molar-refractivity contribution < 1.29 is 0 Å². The Hall–Kier alpha value is -1.05. The van der Waals surface area contributed by atoms with Crippen molar-refractivity contribution in [2.75, 3.05) is 0 Å². The van der Waals surface area contributed by atoms with E-state index in [2.05, 4.69) is 11.6 Å². The Morgan fingerprint density at radius 2 is 2.06 bits per heavy atom. The zero-order valence-electron chi connectivity index (χ0n) is 9.21. The lowest BCUT2D eigenvalue weighted by Crippen LogP contribution is -2.05. The average molecular weight is 264 g/mol. The maximum Gasteiger partial charge on any atom is 0.124 e. The van der Waals surface area contributed by atoms with Crippen LogP contribution in [-0.2, 0) is 6.42 Å². The molecule has 0 bridgehead atoms. The standard InChI is InChI=1S/C14H11Cl2N/c1-8-12-5-4-11(15)6-9(12)2-3-10-7-13(16)17-14(8)10/h4-7,14H,1-3H2. The summed E-state index contributed by atoms with van der Waals surface area (Å²) in [5.41, 5.74) is 4.70. The minimum Gasteiger partial charge on any atom is -0.261 e. The van der Waals surface area contributed by atoms with Gasteiger partial charge in [-0.3, -0.25) is 4.99 Å². The van der Waals surface area contributed by atoms with Gasteiger partial charge in [-0.15, -0.1) is 0 Å². The Labute approximate surface area is 110 Å². The average Bonchev–Trinajstić information content (AvgIpc) is 2.62. The van der Waals surface area contributed by atoms with Crippen LogP contribution in [0.4, 0.5) is 0 Å². The number of aliphatic imine (C=N–C) groups is 1. The van der Waals surface area contributed by atoms with Crippen molar-refractivity contribution in [1.29, 1.82) is 0 Å². The molecule has 0 fully saturated rings. The number of hydrogen-bond donors (Lipinski definition) is 0. The lowest BCUT2D eigenvalue weighted by molar-refractivity contribution is 0.883. The van der Waals surface area contributed by atoms with Gasteiger partial charge in [-0.1, -0.05) is 35.8 Å². The summed E-state index contributed by atoms with van der Waals surface area (Å²) in [5, 5.41) is 1.36. The van der Waals surface area contributed by atoms with Crippen LogP contribution >= 0.6 is 23.2 Å². The van der Waals surface area contributed by atoms with Crippen molar-refractivity contribution in [3.8, 4) is 0 Å². The predicted octanol–water partition coefficient (Wildman–Crippen LogP) is 4.25. The second-order valence-electron chi connectivity index (χ2n) is 4.40. The fourth-order valence-corrected chi connectivity index (χ4v) is 2.93. The maximum atomic E-state index is 6.03. The molecule has 1 atom stereocenters. The number of allylic oxidation sites excluding steroid dienone is 1. The van der Waals surface area contributed by atoms with Gasteiger partial charge < -0.3 is 0 Å². The van der Waals surface area contributed by atoms with Crippen molar-refractivity contribution in [3.05, 3.63) is 52.6 Å². The molecule has 17 heavy (non-hydrogen) atoms. The van der Waals surface area contributed by atoms with Crippen LogP contribution in [-0.4, -0.2) is 11.2 Å². The van der Waals surface area contributed by atoms with E-state index in [1.165, 1.54) is 11.1 Å². The summed E-state index contributed by atoms with van der Waals surface area (Å²) in [7, 11) is 0. The topological polar surface area (TPSA) is 12.4 Å². The smallest absolute Gasteiger partial charge is 0.124 e. The molecule has 0 saturated carbocycles. The van der Waals surface area contributed by atoms with Crippen molar-refractivity contribution >= 4 is 33.9 Å². The van der Waals surface area contributed by atoms with Crippen LogP contribution in [0.25, 0.3) is 5.57 Å². The van der Waals surface area contributed by atoms with E-state index < -0.39 is 0 Å². The van der Waals surface area contributed by atoms with Gasteiger partial charge in [-0.2, -0.15) is 0 Å². The van der Waals surface area contributed by atoms with E-state index in [1.807, 2.05) is 24.3 Å². The Morgan fingerprint density at radius 1 is 1.24 bits per heavy atom. The molecule has 1 heterocycles. The Morgan fingerprint density at radius 3 is 2.88 bits per heavy atom. The number of aryl methyl sites for hydroxylation is 1. The summed E-state index contributed by atoms with van der Waals surface area (Å²) < 4.78 is 0. The molecule has 0 aromatic heterocycles. The summed E-state index contributed by atoms with van der Waals surface area (Å²) in [6, 6.07) is 5.99. The van der Waals surface area contributed by atoms with Crippen LogP contribution in [0.1, 0.15) is 17.5 Å². The quantitative estimate of drug-likeness (QED) is 0.664. The molecular formula is C14H11Cl2N. The fraction of sp³-hybridized carbons (Fsp3) is 0.214. The van der Waals surface area contributed by atoms with Crippen LogP contribution in [0.3, 0.4) is 0 Å². The normalized spacial score (nSPS) is 22.5. The molecule has 1 aromatic rings. The molecule has 1 unspecified atom stereocenters. The highest BCUT2D eigenvalue weighted by Crippen LogP contribution is 2.37. The van der Waals surface area contributed by atoms with Gasteiger partial charge in [0.25, 0.3) is 0 Å². The highest BCUT2D eigenvalue weighted by atomic mass is 35.5.